The number of rotatable bonds is 4. The lowest BCUT2D eigenvalue weighted by Crippen LogP contribution is -2.45. The second-order valence-corrected chi connectivity index (χ2v) is 1.48. The molecule has 0 aromatic heterocycles. The SMILES string of the molecule is NCC(NC=O)C(N)=O. The zero-order valence-corrected chi connectivity index (χ0v) is 4.83. The van der Waals surface area contributed by atoms with Crippen LogP contribution in [0.5, 0.6) is 0 Å². The monoisotopic (exact) mass is 131 g/mol. The van der Waals surface area contributed by atoms with Crippen LogP contribution in [0.4, 0.5) is 0 Å². The van der Waals surface area contributed by atoms with Crippen molar-refractivity contribution < 1.29 is 9.59 Å². The molecule has 5 N–H and O–H groups in total. The average molecular weight is 131 g/mol. The first-order chi connectivity index (χ1) is 4.22. The largest absolute Gasteiger partial charge is 0.368 e. The van der Waals surface area contributed by atoms with Crippen LogP contribution in [0.25, 0.3) is 0 Å². The molecule has 5 heteroatoms. The van der Waals surface area contributed by atoms with Gasteiger partial charge < -0.3 is 16.8 Å². The molecule has 0 spiro atoms. The Hall–Kier alpha value is -1.10. The molecule has 0 rings (SSSR count). The van der Waals surface area contributed by atoms with E-state index < -0.39 is 11.9 Å². The number of nitrogens with one attached hydrogen (secondary N) is 1. The maximum Gasteiger partial charge on any atom is 0.241 e. The Bertz CT molecular complexity index is 114. The van der Waals surface area contributed by atoms with Gasteiger partial charge in [-0.15, -0.1) is 0 Å². The molecule has 1 unspecified atom stereocenters. The summed E-state index contributed by atoms with van der Waals surface area (Å²) in [6.07, 6.45) is 0.391. The summed E-state index contributed by atoms with van der Waals surface area (Å²) in [6.45, 7) is 0.0358. The van der Waals surface area contributed by atoms with E-state index in [4.69, 9.17) is 11.5 Å². The van der Waals surface area contributed by atoms with Gasteiger partial charge in [-0.05, 0) is 0 Å². The minimum absolute atomic E-state index is 0.0358. The summed E-state index contributed by atoms with van der Waals surface area (Å²) < 4.78 is 0. The summed E-state index contributed by atoms with van der Waals surface area (Å²) in [7, 11) is 0. The van der Waals surface area contributed by atoms with E-state index in [9.17, 15) is 9.59 Å². The molecule has 5 nitrogen and oxygen atoms in total. The van der Waals surface area contributed by atoms with Crippen LogP contribution in [0.1, 0.15) is 0 Å². The van der Waals surface area contributed by atoms with E-state index in [-0.39, 0.29) is 6.54 Å². The average Bonchev–Trinajstić information content (AvgIpc) is 1.82. The van der Waals surface area contributed by atoms with Crippen molar-refractivity contribution in [2.45, 2.75) is 6.04 Å². The maximum absolute atomic E-state index is 10.2. The predicted molar refractivity (Wildman–Crippen MR) is 31.2 cm³/mol. The van der Waals surface area contributed by atoms with Crippen molar-refractivity contribution in [1.29, 1.82) is 0 Å². The van der Waals surface area contributed by atoms with Gasteiger partial charge in [0.1, 0.15) is 6.04 Å². The van der Waals surface area contributed by atoms with Crippen molar-refractivity contribution >= 4 is 12.3 Å². The van der Waals surface area contributed by atoms with Crippen LogP contribution in [0, 0.1) is 0 Å². The molecular weight excluding hydrogens is 122 g/mol. The molecule has 0 saturated carbocycles. The van der Waals surface area contributed by atoms with Crippen molar-refractivity contribution in [3.8, 4) is 0 Å². The topological polar surface area (TPSA) is 98.2 Å². The van der Waals surface area contributed by atoms with E-state index in [1.165, 1.54) is 0 Å². The Morgan fingerprint density at radius 2 is 2.33 bits per heavy atom. The summed E-state index contributed by atoms with van der Waals surface area (Å²) in [6, 6.07) is -0.734. The van der Waals surface area contributed by atoms with E-state index >= 15 is 0 Å². The molecular formula is C4H9N3O2. The molecule has 0 heterocycles. The normalized spacial score (nSPS) is 12.1. The predicted octanol–water partition coefficient (Wildman–Crippen LogP) is -2.45. The van der Waals surface area contributed by atoms with Gasteiger partial charge in [-0.1, -0.05) is 0 Å². The van der Waals surface area contributed by atoms with Gasteiger partial charge in [0.05, 0.1) is 0 Å². The lowest BCUT2D eigenvalue weighted by atomic mass is 10.3. The Labute approximate surface area is 52.4 Å². The summed E-state index contributed by atoms with van der Waals surface area (Å²) in [4.78, 5) is 19.9. The van der Waals surface area contributed by atoms with Gasteiger partial charge in [0.2, 0.25) is 12.3 Å². The molecule has 0 fully saturated rings. The van der Waals surface area contributed by atoms with E-state index in [1.54, 1.807) is 0 Å². The molecule has 0 aliphatic heterocycles. The summed E-state index contributed by atoms with van der Waals surface area (Å²) >= 11 is 0. The van der Waals surface area contributed by atoms with Crippen LogP contribution in [0.3, 0.4) is 0 Å². The van der Waals surface area contributed by atoms with Crippen molar-refractivity contribution in [3.63, 3.8) is 0 Å². The number of carbonyl (C=O) groups is 2. The highest BCUT2D eigenvalue weighted by Crippen LogP contribution is 1.72. The van der Waals surface area contributed by atoms with Crippen molar-refractivity contribution in [2.75, 3.05) is 6.54 Å². The molecule has 0 aliphatic carbocycles. The molecule has 0 aromatic rings. The molecule has 1 atom stereocenters. The lowest BCUT2D eigenvalue weighted by molar-refractivity contribution is -0.122. The Morgan fingerprint density at radius 3 is 2.44 bits per heavy atom. The number of nitrogens with two attached hydrogens (primary N) is 2. The molecule has 0 radical (unpaired) electrons. The fourth-order valence-corrected chi connectivity index (χ4v) is 0.348. The van der Waals surface area contributed by atoms with Gasteiger partial charge in [-0.25, -0.2) is 0 Å². The number of hydrogen-bond acceptors (Lipinski definition) is 3. The Balaban J connectivity index is 3.67. The van der Waals surface area contributed by atoms with Crippen LogP contribution in [0.2, 0.25) is 0 Å². The van der Waals surface area contributed by atoms with Gasteiger partial charge in [-0.2, -0.15) is 0 Å². The molecule has 9 heavy (non-hydrogen) atoms. The lowest BCUT2D eigenvalue weighted by Gasteiger charge is -2.06. The van der Waals surface area contributed by atoms with Crippen LogP contribution in [0.15, 0.2) is 0 Å². The first kappa shape index (κ1) is 7.90. The maximum atomic E-state index is 10.2. The zero-order valence-electron chi connectivity index (χ0n) is 4.83. The van der Waals surface area contributed by atoms with Gasteiger partial charge in [0.15, 0.2) is 0 Å². The summed E-state index contributed by atoms with van der Waals surface area (Å²) in [5.74, 6) is -0.621. The van der Waals surface area contributed by atoms with Gasteiger partial charge in [-0.3, -0.25) is 9.59 Å². The minimum Gasteiger partial charge on any atom is -0.368 e. The molecule has 0 aliphatic rings. The Morgan fingerprint density at radius 1 is 1.78 bits per heavy atom. The second-order valence-electron chi connectivity index (χ2n) is 1.48. The van der Waals surface area contributed by atoms with Crippen LogP contribution >= 0.6 is 0 Å². The van der Waals surface area contributed by atoms with Gasteiger partial charge >= 0.3 is 0 Å². The smallest absolute Gasteiger partial charge is 0.241 e. The van der Waals surface area contributed by atoms with Gasteiger partial charge in [0.25, 0.3) is 0 Å². The highest BCUT2D eigenvalue weighted by Gasteiger charge is 2.09. The number of amides is 2. The fraction of sp³-hybridized carbons (Fsp3) is 0.500. The summed E-state index contributed by atoms with van der Waals surface area (Å²) in [5, 5.41) is 2.15. The van der Waals surface area contributed by atoms with Gasteiger partial charge in [0, 0.05) is 6.54 Å². The van der Waals surface area contributed by atoms with Crippen molar-refractivity contribution in [2.24, 2.45) is 11.5 Å². The molecule has 0 bridgehead atoms. The third kappa shape index (κ3) is 2.65. The van der Waals surface area contributed by atoms with Crippen LogP contribution in [-0.2, 0) is 9.59 Å². The Kier molecular flexibility index (Phi) is 3.38. The third-order valence-corrected chi connectivity index (χ3v) is 0.848. The number of carbonyl (C=O) groups excluding carboxylic acids is 2. The second kappa shape index (κ2) is 3.85. The molecule has 52 valence electrons. The molecule has 0 aromatic carbocycles. The number of hydrogen-bond donors (Lipinski definition) is 3. The van der Waals surface area contributed by atoms with E-state index in [0.717, 1.165) is 0 Å². The third-order valence-electron chi connectivity index (χ3n) is 0.848. The number of primary amides is 1. The molecule has 0 saturated heterocycles. The standard InChI is InChI=1S/C4H9N3O2/c5-1-3(4(6)9)7-2-8/h2-3H,1,5H2,(H2,6,9)(H,7,8). The van der Waals surface area contributed by atoms with E-state index in [0.29, 0.717) is 6.41 Å². The van der Waals surface area contributed by atoms with Crippen molar-refractivity contribution in [1.82, 2.24) is 5.32 Å². The van der Waals surface area contributed by atoms with Crippen LogP contribution < -0.4 is 16.8 Å². The van der Waals surface area contributed by atoms with Crippen LogP contribution in [-0.4, -0.2) is 24.9 Å². The first-order valence-electron chi connectivity index (χ1n) is 2.41. The first-order valence-corrected chi connectivity index (χ1v) is 2.41. The van der Waals surface area contributed by atoms with Crippen molar-refractivity contribution in [3.05, 3.63) is 0 Å². The highest BCUT2D eigenvalue weighted by atomic mass is 16.2. The van der Waals surface area contributed by atoms with E-state index in [1.807, 2.05) is 0 Å². The fourth-order valence-electron chi connectivity index (χ4n) is 0.348. The quantitative estimate of drug-likeness (QED) is 0.369. The zero-order chi connectivity index (χ0) is 7.28. The minimum atomic E-state index is -0.734. The molecule has 2 amide bonds. The van der Waals surface area contributed by atoms with E-state index in [2.05, 4.69) is 5.32 Å². The highest BCUT2D eigenvalue weighted by molar-refractivity contribution is 5.82. The summed E-state index contributed by atoms with van der Waals surface area (Å²) in [5.41, 5.74) is 9.83.